The summed E-state index contributed by atoms with van der Waals surface area (Å²) in [4.78, 5) is 12.6. The number of ether oxygens (including phenoxy) is 3. The van der Waals surface area contributed by atoms with E-state index in [9.17, 15) is 10.1 Å². The fourth-order valence-corrected chi connectivity index (χ4v) is 3.83. The van der Waals surface area contributed by atoms with Gasteiger partial charge in [0.05, 0.1) is 13.7 Å². The van der Waals surface area contributed by atoms with E-state index in [2.05, 4.69) is 29.6 Å². The standard InChI is InChI=1S/C31H28N2O4/c1-3-36-30-18-23(16-27(19-32)31(34)33-20-22-9-13-28(35-2)14-10-22)11-15-29(30)37-21-24-8-12-25-6-4-5-7-26(25)17-24/h4-18H,3,20-21H2,1-2H3,(H,33,34)/b27-16-. The molecule has 0 aromatic heterocycles. The summed E-state index contributed by atoms with van der Waals surface area (Å²) < 4.78 is 17.0. The van der Waals surface area contributed by atoms with Crippen molar-refractivity contribution in [3.63, 3.8) is 0 Å². The van der Waals surface area contributed by atoms with Gasteiger partial charge in [0.25, 0.3) is 5.91 Å². The number of fused-ring (bicyclic) bond motifs is 1. The Bertz CT molecular complexity index is 1450. The van der Waals surface area contributed by atoms with E-state index in [1.807, 2.05) is 55.5 Å². The van der Waals surface area contributed by atoms with E-state index in [1.165, 1.54) is 5.39 Å². The SMILES string of the molecule is CCOc1cc(/C=C(/C#N)C(=O)NCc2ccc(OC)cc2)ccc1OCc1ccc2ccccc2c1. The first-order valence-electron chi connectivity index (χ1n) is 12.0. The van der Waals surface area contributed by atoms with E-state index in [0.717, 1.165) is 22.3 Å². The second-order valence-corrected chi connectivity index (χ2v) is 8.31. The molecule has 0 aliphatic heterocycles. The maximum absolute atomic E-state index is 12.6. The Kier molecular flexibility index (Phi) is 8.41. The Labute approximate surface area is 216 Å². The van der Waals surface area contributed by atoms with E-state index < -0.39 is 5.91 Å². The highest BCUT2D eigenvalue weighted by molar-refractivity contribution is 6.01. The van der Waals surface area contributed by atoms with Crippen LogP contribution in [0.25, 0.3) is 16.8 Å². The van der Waals surface area contributed by atoms with E-state index in [1.54, 1.807) is 31.4 Å². The second-order valence-electron chi connectivity index (χ2n) is 8.31. The lowest BCUT2D eigenvalue weighted by Gasteiger charge is -2.13. The number of nitrogens with zero attached hydrogens (tertiary/aromatic N) is 1. The zero-order valence-electron chi connectivity index (χ0n) is 20.9. The lowest BCUT2D eigenvalue weighted by atomic mass is 10.1. The summed E-state index contributed by atoms with van der Waals surface area (Å²) in [5.41, 5.74) is 2.61. The van der Waals surface area contributed by atoms with Crippen LogP contribution in [0, 0.1) is 11.3 Å². The molecule has 0 bridgehead atoms. The van der Waals surface area contributed by atoms with Crippen LogP contribution in [-0.2, 0) is 17.9 Å². The van der Waals surface area contributed by atoms with Crippen molar-refractivity contribution in [2.24, 2.45) is 0 Å². The number of methoxy groups -OCH3 is 1. The summed E-state index contributed by atoms with van der Waals surface area (Å²) in [5, 5.41) is 14.7. The average molecular weight is 493 g/mol. The van der Waals surface area contributed by atoms with Crippen molar-refractivity contribution < 1.29 is 19.0 Å². The normalized spacial score (nSPS) is 11.0. The van der Waals surface area contributed by atoms with Crippen molar-refractivity contribution in [3.05, 3.63) is 107 Å². The molecule has 0 fully saturated rings. The molecule has 1 N–H and O–H groups in total. The van der Waals surface area contributed by atoms with Gasteiger partial charge >= 0.3 is 0 Å². The number of amides is 1. The highest BCUT2D eigenvalue weighted by Crippen LogP contribution is 2.30. The van der Waals surface area contributed by atoms with Crippen LogP contribution in [0.2, 0.25) is 0 Å². The number of nitrogens with one attached hydrogen (secondary N) is 1. The zero-order valence-corrected chi connectivity index (χ0v) is 20.9. The molecule has 0 aliphatic rings. The van der Waals surface area contributed by atoms with Crippen LogP contribution in [0.4, 0.5) is 0 Å². The summed E-state index contributed by atoms with van der Waals surface area (Å²) in [6, 6.07) is 29.1. The molecule has 4 aromatic carbocycles. The third kappa shape index (κ3) is 6.68. The van der Waals surface area contributed by atoms with Gasteiger partial charge < -0.3 is 19.5 Å². The van der Waals surface area contributed by atoms with E-state index >= 15 is 0 Å². The summed E-state index contributed by atoms with van der Waals surface area (Å²) in [7, 11) is 1.60. The summed E-state index contributed by atoms with van der Waals surface area (Å²) in [5.74, 6) is 1.43. The predicted octanol–water partition coefficient (Wildman–Crippen LogP) is 6.05. The van der Waals surface area contributed by atoms with Gasteiger partial charge in [-0.3, -0.25) is 4.79 Å². The first kappa shape index (κ1) is 25.3. The van der Waals surface area contributed by atoms with Gasteiger partial charge in [-0.15, -0.1) is 0 Å². The molecule has 6 nitrogen and oxygen atoms in total. The van der Waals surface area contributed by atoms with Crippen molar-refractivity contribution in [1.29, 1.82) is 5.26 Å². The summed E-state index contributed by atoms with van der Waals surface area (Å²) in [6.45, 7) is 3.03. The molecular formula is C31H28N2O4. The number of benzene rings is 4. The van der Waals surface area contributed by atoms with Gasteiger partial charge in [-0.2, -0.15) is 5.26 Å². The number of carbonyl (C=O) groups is 1. The molecule has 0 spiro atoms. The molecule has 0 radical (unpaired) electrons. The summed E-state index contributed by atoms with van der Waals surface area (Å²) >= 11 is 0. The Morgan fingerprint density at radius 2 is 1.65 bits per heavy atom. The fourth-order valence-electron chi connectivity index (χ4n) is 3.83. The largest absolute Gasteiger partial charge is 0.497 e. The molecule has 0 saturated heterocycles. The molecule has 0 unspecified atom stereocenters. The Balaban J connectivity index is 1.45. The van der Waals surface area contributed by atoms with Crippen LogP contribution in [0.1, 0.15) is 23.6 Å². The monoisotopic (exact) mass is 492 g/mol. The third-order valence-corrected chi connectivity index (χ3v) is 5.76. The molecule has 6 heteroatoms. The zero-order chi connectivity index (χ0) is 26.0. The number of hydrogen-bond donors (Lipinski definition) is 1. The average Bonchev–Trinajstić information content (AvgIpc) is 2.94. The minimum atomic E-state index is -0.451. The smallest absolute Gasteiger partial charge is 0.262 e. The molecule has 4 rings (SSSR count). The highest BCUT2D eigenvalue weighted by atomic mass is 16.5. The van der Waals surface area contributed by atoms with Crippen LogP contribution < -0.4 is 19.5 Å². The van der Waals surface area contributed by atoms with Crippen molar-refractivity contribution in [3.8, 4) is 23.3 Å². The topological polar surface area (TPSA) is 80.6 Å². The molecule has 4 aromatic rings. The van der Waals surface area contributed by atoms with Crippen LogP contribution in [0.15, 0.2) is 90.5 Å². The Morgan fingerprint density at radius 1 is 0.892 bits per heavy atom. The van der Waals surface area contributed by atoms with Crippen LogP contribution in [0.5, 0.6) is 17.2 Å². The van der Waals surface area contributed by atoms with Gasteiger partial charge in [0.15, 0.2) is 11.5 Å². The van der Waals surface area contributed by atoms with Gasteiger partial charge in [-0.05, 0) is 70.8 Å². The molecule has 0 atom stereocenters. The predicted molar refractivity (Wildman–Crippen MR) is 144 cm³/mol. The van der Waals surface area contributed by atoms with Gasteiger partial charge in [-0.25, -0.2) is 0 Å². The molecule has 0 saturated carbocycles. The summed E-state index contributed by atoms with van der Waals surface area (Å²) in [6.07, 6.45) is 1.54. The van der Waals surface area contributed by atoms with E-state index in [4.69, 9.17) is 14.2 Å². The Hall–Kier alpha value is -4.76. The van der Waals surface area contributed by atoms with Crippen molar-refractivity contribution >= 4 is 22.8 Å². The number of hydrogen-bond acceptors (Lipinski definition) is 5. The number of carbonyl (C=O) groups excluding carboxylic acids is 1. The fraction of sp³-hybridized carbons (Fsp3) is 0.161. The lowest BCUT2D eigenvalue weighted by Crippen LogP contribution is -2.23. The molecule has 0 aliphatic carbocycles. The first-order valence-corrected chi connectivity index (χ1v) is 12.0. The molecule has 186 valence electrons. The van der Waals surface area contributed by atoms with Gasteiger partial charge in [0.2, 0.25) is 0 Å². The van der Waals surface area contributed by atoms with Crippen molar-refractivity contribution in [2.75, 3.05) is 13.7 Å². The van der Waals surface area contributed by atoms with Crippen molar-refractivity contribution in [2.45, 2.75) is 20.1 Å². The lowest BCUT2D eigenvalue weighted by molar-refractivity contribution is -0.117. The first-order chi connectivity index (χ1) is 18.1. The van der Waals surface area contributed by atoms with Crippen molar-refractivity contribution in [1.82, 2.24) is 5.32 Å². The molecule has 37 heavy (non-hydrogen) atoms. The maximum Gasteiger partial charge on any atom is 0.262 e. The van der Waals surface area contributed by atoms with Crippen LogP contribution in [0.3, 0.4) is 0 Å². The minimum absolute atomic E-state index is 0.000734. The van der Waals surface area contributed by atoms with E-state index in [0.29, 0.717) is 36.8 Å². The van der Waals surface area contributed by atoms with E-state index in [-0.39, 0.29) is 5.57 Å². The third-order valence-electron chi connectivity index (χ3n) is 5.76. The van der Waals surface area contributed by atoms with Crippen LogP contribution >= 0.6 is 0 Å². The van der Waals surface area contributed by atoms with Gasteiger partial charge in [0, 0.05) is 6.54 Å². The number of rotatable bonds is 10. The minimum Gasteiger partial charge on any atom is -0.497 e. The number of nitriles is 1. The molecule has 0 heterocycles. The Morgan fingerprint density at radius 3 is 2.38 bits per heavy atom. The van der Waals surface area contributed by atoms with Crippen LogP contribution in [-0.4, -0.2) is 19.6 Å². The molecular weight excluding hydrogens is 464 g/mol. The quantitative estimate of drug-likeness (QED) is 0.215. The second kappa shape index (κ2) is 12.3. The maximum atomic E-state index is 12.6. The molecule has 1 amide bonds. The van der Waals surface area contributed by atoms with Gasteiger partial charge in [0.1, 0.15) is 24.0 Å². The van der Waals surface area contributed by atoms with Gasteiger partial charge in [-0.1, -0.05) is 54.6 Å². The highest BCUT2D eigenvalue weighted by Gasteiger charge is 2.12.